The summed E-state index contributed by atoms with van der Waals surface area (Å²) in [6, 6.07) is 24.7. The average molecular weight is 512 g/mol. The lowest BCUT2D eigenvalue weighted by Gasteiger charge is -2.33. The van der Waals surface area contributed by atoms with Crippen molar-refractivity contribution in [1.82, 2.24) is 4.90 Å². The van der Waals surface area contributed by atoms with E-state index in [0.29, 0.717) is 6.54 Å². The molecule has 3 aromatic rings. The molecule has 0 aromatic heterocycles. The van der Waals surface area contributed by atoms with E-state index in [1.165, 1.54) is 13.2 Å². The largest absolute Gasteiger partial charge is 0.466 e. The van der Waals surface area contributed by atoms with Gasteiger partial charge in [-0.1, -0.05) is 48.5 Å². The van der Waals surface area contributed by atoms with E-state index in [-0.39, 0.29) is 11.8 Å². The first-order valence-corrected chi connectivity index (χ1v) is 13.1. The highest BCUT2D eigenvalue weighted by atomic mass is 16.5. The molecular formula is C32H37N3O3. The second kappa shape index (κ2) is 12.6. The minimum atomic E-state index is -0.411. The third-order valence-electron chi connectivity index (χ3n) is 7.14. The van der Waals surface area contributed by atoms with Crippen LogP contribution in [0.15, 0.2) is 78.9 Å². The van der Waals surface area contributed by atoms with Gasteiger partial charge in [0.1, 0.15) is 0 Å². The van der Waals surface area contributed by atoms with Crippen molar-refractivity contribution in [3.63, 3.8) is 0 Å². The molecule has 4 rings (SSSR count). The van der Waals surface area contributed by atoms with E-state index in [1.54, 1.807) is 6.08 Å². The fourth-order valence-corrected chi connectivity index (χ4v) is 4.74. The van der Waals surface area contributed by atoms with Crippen molar-refractivity contribution < 1.29 is 14.3 Å². The van der Waals surface area contributed by atoms with Crippen LogP contribution in [0.25, 0.3) is 17.2 Å². The second-order valence-corrected chi connectivity index (χ2v) is 10.1. The van der Waals surface area contributed by atoms with E-state index in [4.69, 9.17) is 4.74 Å². The smallest absolute Gasteiger partial charge is 0.330 e. The fraction of sp³-hybridized carbons (Fsp3) is 0.312. The van der Waals surface area contributed by atoms with E-state index >= 15 is 0 Å². The van der Waals surface area contributed by atoms with Crippen LogP contribution in [-0.2, 0) is 20.9 Å². The standard InChI is InChI=1S/C32H37N3O3/c1-33(2)29-15-13-27(14-16-29)26-11-8-25(9-12-26)23-35(32(37)28-18-20-34(3)21-19-28)30-7-5-6-24(22-30)10-17-31(36)38-4/h5-17,22,28H,18-21,23H2,1-4H3/b17-10+. The first kappa shape index (κ1) is 27.1. The Morgan fingerprint density at radius 2 is 1.55 bits per heavy atom. The molecule has 1 aliphatic rings. The lowest BCUT2D eigenvalue weighted by molar-refractivity contribution is -0.134. The molecule has 6 nitrogen and oxygen atoms in total. The third-order valence-corrected chi connectivity index (χ3v) is 7.14. The van der Waals surface area contributed by atoms with Crippen molar-refractivity contribution in [1.29, 1.82) is 0 Å². The molecule has 198 valence electrons. The zero-order valence-electron chi connectivity index (χ0n) is 22.8. The normalized spacial score (nSPS) is 14.4. The Hall–Kier alpha value is -3.90. The van der Waals surface area contributed by atoms with Crippen LogP contribution in [0.4, 0.5) is 11.4 Å². The molecule has 3 aromatic carbocycles. The number of hydrogen-bond acceptors (Lipinski definition) is 5. The van der Waals surface area contributed by atoms with Crippen LogP contribution in [0, 0.1) is 5.92 Å². The third kappa shape index (κ3) is 6.90. The van der Waals surface area contributed by atoms with Gasteiger partial charge >= 0.3 is 5.97 Å². The molecule has 0 spiro atoms. The van der Waals surface area contributed by atoms with Gasteiger partial charge in [-0.2, -0.15) is 0 Å². The van der Waals surface area contributed by atoms with Gasteiger partial charge in [0.25, 0.3) is 0 Å². The molecule has 0 aliphatic carbocycles. The summed E-state index contributed by atoms with van der Waals surface area (Å²) in [7, 11) is 7.53. The van der Waals surface area contributed by atoms with Gasteiger partial charge in [-0.15, -0.1) is 0 Å². The molecule has 0 radical (unpaired) electrons. The maximum Gasteiger partial charge on any atom is 0.330 e. The summed E-state index contributed by atoms with van der Waals surface area (Å²) >= 11 is 0. The van der Waals surface area contributed by atoms with Crippen LogP contribution in [-0.4, -0.2) is 58.1 Å². The van der Waals surface area contributed by atoms with Crippen molar-refractivity contribution in [2.45, 2.75) is 19.4 Å². The van der Waals surface area contributed by atoms with Crippen LogP contribution in [0.3, 0.4) is 0 Å². The average Bonchev–Trinajstić information content (AvgIpc) is 2.95. The summed E-state index contributed by atoms with van der Waals surface area (Å²) in [6.45, 7) is 2.33. The lowest BCUT2D eigenvalue weighted by atomic mass is 9.95. The molecule has 38 heavy (non-hydrogen) atoms. The quantitative estimate of drug-likeness (QED) is 0.296. The summed E-state index contributed by atoms with van der Waals surface area (Å²) in [4.78, 5) is 31.7. The minimum Gasteiger partial charge on any atom is -0.466 e. The lowest BCUT2D eigenvalue weighted by Crippen LogP contribution is -2.41. The minimum absolute atomic E-state index is 0.00467. The Kier molecular flexibility index (Phi) is 8.98. The van der Waals surface area contributed by atoms with Gasteiger partial charge in [-0.25, -0.2) is 4.79 Å². The van der Waals surface area contributed by atoms with Gasteiger partial charge in [-0.05, 0) is 85.6 Å². The Morgan fingerprint density at radius 1 is 0.921 bits per heavy atom. The van der Waals surface area contributed by atoms with Crippen molar-refractivity contribution in [3.05, 3.63) is 90.0 Å². The molecule has 0 saturated carbocycles. The Morgan fingerprint density at radius 3 is 2.16 bits per heavy atom. The molecule has 0 bridgehead atoms. The first-order valence-electron chi connectivity index (χ1n) is 13.1. The van der Waals surface area contributed by atoms with Gasteiger partial charge in [-0.3, -0.25) is 4.79 Å². The molecule has 0 unspecified atom stereocenters. The van der Waals surface area contributed by atoms with Gasteiger partial charge in [0, 0.05) is 37.5 Å². The highest BCUT2D eigenvalue weighted by Crippen LogP contribution is 2.28. The van der Waals surface area contributed by atoms with E-state index < -0.39 is 5.97 Å². The molecule has 1 aliphatic heterocycles. The number of likely N-dealkylation sites (tertiary alicyclic amines) is 1. The number of nitrogens with zero attached hydrogens (tertiary/aromatic N) is 3. The number of benzene rings is 3. The Labute approximate surface area is 226 Å². The highest BCUT2D eigenvalue weighted by Gasteiger charge is 2.28. The number of rotatable bonds is 8. The Balaban J connectivity index is 1.58. The zero-order chi connectivity index (χ0) is 27.1. The summed E-state index contributed by atoms with van der Waals surface area (Å²) < 4.78 is 4.72. The first-order chi connectivity index (χ1) is 18.3. The summed E-state index contributed by atoms with van der Waals surface area (Å²) in [6.07, 6.45) is 4.82. The molecule has 6 heteroatoms. The zero-order valence-corrected chi connectivity index (χ0v) is 22.8. The molecule has 0 N–H and O–H groups in total. The fourth-order valence-electron chi connectivity index (χ4n) is 4.74. The number of hydrogen-bond donors (Lipinski definition) is 0. The molecule has 1 saturated heterocycles. The highest BCUT2D eigenvalue weighted by molar-refractivity contribution is 5.95. The Bertz CT molecular complexity index is 1260. The number of ether oxygens (including phenoxy) is 1. The number of esters is 1. The number of carbonyl (C=O) groups is 2. The van der Waals surface area contributed by atoms with Gasteiger partial charge in [0.05, 0.1) is 13.7 Å². The molecule has 1 amide bonds. The monoisotopic (exact) mass is 511 g/mol. The van der Waals surface area contributed by atoms with E-state index in [9.17, 15) is 9.59 Å². The predicted octanol–water partition coefficient (Wildman–Crippen LogP) is 5.48. The maximum atomic E-state index is 13.8. The van der Waals surface area contributed by atoms with Crippen LogP contribution in [0.5, 0.6) is 0 Å². The number of carbonyl (C=O) groups excluding carboxylic acids is 2. The van der Waals surface area contributed by atoms with Crippen LogP contribution in [0.1, 0.15) is 24.0 Å². The molecule has 1 heterocycles. The van der Waals surface area contributed by atoms with Crippen LogP contribution in [0.2, 0.25) is 0 Å². The summed E-state index contributed by atoms with van der Waals surface area (Å²) in [5, 5.41) is 0. The van der Waals surface area contributed by atoms with Crippen molar-refractivity contribution >= 4 is 29.3 Å². The van der Waals surface area contributed by atoms with E-state index in [0.717, 1.165) is 59.6 Å². The number of amides is 1. The molecular weight excluding hydrogens is 474 g/mol. The molecule has 0 atom stereocenters. The SMILES string of the molecule is COC(=O)/C=C/c1cccc(N(Cc2ccc(-c3ccc(N(C)C)cc3)cc2)C(=O)C2CCN(C)CC2)c1. The van der Waals surface area contributed by atoms with Gasteiger partial charge in [0.2, 0.25) is 5.91 Å². The number of methoxy groups -OCH3 is 1. The summed E-state index contributed by atoms with van der Waals surface area (Å²) in [5.74, 6) is -0.267. The number of anilines is 2. The number of piperidine rings is 1. The predicted molar refractivity (Wildman–Crippen MR) is 155 cm³/mol. The van der Waals surface area contributed by atoms with Crippen molar-refractivity contribution in [2.24, 2.45) is 5.92 Å². The second-order valence-electron chi connectivity index (χ2n) is 10.1. The van der Waals surface area contributed by atoms with Crippen LogP contribution >= 0.6 is 0 Å². The van der Waals surface area contributed by atoms with Gasteiger partial charge in [0.15, 0.2) is 0 Å². The van der Waals surface area contributed by atoms with Gasteiger partial charge < -0.3 is 19.4 Å². The van der Waals surface area contributed by atoms with Crippen LogP contribution < -0.4 is 9.80 Å². The van der Waals surface area contributed by atoms with Crippen molar-refractivity contribution in [2.75, 3.05) is 51.1 Å². The summed E-state index contributed by atoms with van der Waals surface area (Å²) in [5.41, 5.74) is 6.19. The topological polar surface area (TPSA) is 53.1 Å². The molecule has 1 fully saturated rings. The van der Waals surface area contributed by atoms with E-state index in [1.807, 2.05) is 43.3 Å². The maximum absolute atomic E-state index is 13.8. The van der Waals surface area contributed by atoms with Crippen molar-refractivity contribution in [3.8, 4) is 11.1 Å². The van der Waals surface area contributed by atoms with E-state index in [2.05, 4.69) is 65.4 Å².